The quantitative estimate of drug-likeness (QED) is 0.0352. The lowest BCUT2D eigenvalue weighted by molar-refractivity contribution is -0.199. The Morgan fingerprint density at radius 1 is 0.323 bits per heavy atom. The van der Waals surface area contributed by atoms with E-state index in [-0.39, 0.29) is 128 Å². The Kier molecular flexibility index (Phi) is 27.4. The van der Waals surface area contributed by atoms with Crippen LogP contribution in [0, 0.1) is 35.5 Å². The Bertz CT molecular complexity index is 2490. The second kappa shape index (κ2) is 30.4. The van der Waals surface area contributed by atoms with Crippen molar-refractivity contribution in [3.63, 3.8) is 0 Å². The van der Waals surface area contributed by atoms with Crippen LogP contribution in [0.5, 0.6) is 0 Å². The first-order valence-electron chi connectivity index (χ1n) is 34.0. The third-order valence-corrected chi connectivity index (χ3v) is 22.7. The molecule has 6 saturated heterocycles. The van der Waals surface area contributed by atoms with Gasteiger partial charge in [0.05, 0.1) is 89.4 Å². The summed E-state index contributed by atoms with van der Waals surface area (Å²) in [5, 5.41) is 55.2. The van der Waals surface area contributed by atoms with Crippen molar-refractivity contribution in [3.05, 3.63) is 0 Å². The lowest BCUT2D eigenvalue weighted by atomic mass is 9.87. The van der Waals surface area contributed by atoms with E-state index >= 15 is 0 Å². The van der Waals surface area contributed by atoms with Gasteiger partial charge in [-0.3, -0.25) is 28.8 Å². The van der Waals surface area contributed by atoms with Crippen molar-refractivity contribution in [1.29, 1.82) is 0 Å². The van der Waals surface area contributed by atoms with Crippen LogP contribution in [0.15, 0.2) is 0 Å². The molecule has 0 aromatic carbocycles. The van der Waals surface area contributed by atoms with Crippen LogP contribution >= 0.6 is 0 Å². The Hall–Kier alpha value is -3.74. The number of nitrogens with one attached hydrogen (secondary N) is 2. The van der Waals surface area contributed by atoms with E-state index in [4.69, 9.17) is 37.9 Å². The highest BCUT2D eigenvalue weighted by Gasteiger charge is 2.57. The molecule has 0 radical (unpaired) electrons. The second-order valence-corrected chi connectivity index (χ2v) is 35.9. The number of hydroxylamine groups is 8. The van der Waals surface area contributed by atoms with E-state index < -0.39 is 111 Å². The highest BCUT2D eigenvalue weighted by molar-refractivity contribution is 5.80. The minimum Gasteiger partial charge on any atom is -0.465 e. The lowest BCUT2D eigenvalue weighted by Gasteiger charge is -2.36. The number of nitrogens with zero attached hydrogens (tertiary/aromatic N) is 4. The molecule has 0 aromatic rings. The smallest absolute Gasteiger partial charge is 0.308 e. The van der Waals surface area contributed by atoms with Crippen molar-refractivity contribution >= 4 is 35.8 Å². The molecular weight excluding hydrogens is 1240 g/mol. The summed E-state index contributed by atoms with van der Waals surface area (Å²) in [6, 6.07) is 0. The molecule has 0 spiro atoms. The molecule has 10 N–H and O–H groups in total. The number of carbonyl (C=O) groups is 6. The maximum absolute atomic E-state index is 13.4. The monoisotopic (exact) mass is 1370 g/mol. The van der Waals surface area contributed by atoms with Crippen molar-refractivity contribution in [1.82, 2.24) is 30.9 Å². The maximum atomic E-state index is 13.4. The Morgan fingerprint density at radius 3 is 0.615 bits per heavy atom. The SMILES string of the molecule is COC(CC(=O)OCC1CC(C)(C)N(O)C1(C)C)(CC(=O)OCC1CC(C)(C)N(O)C1(C)C)CC(=O)OCC1CC(C)(C)N(O)C1(C)C.COC(CC(=O)OCC1CC(C)(C)NC1(C)C)(CC(=O)OCC1CC(C)(C)NC1(C)C)CC(=O)OCC1CC(C)(C)N(O)C1(C)C.O.O. The number of esters is 6. The molecule has 6 atom stereocenters. The number of rotatable bonds is 26. The molecule has 6 aliphatic rings. The van der Waals surface area contributed by atoms with Gasteiger partial charge >= 0.3 is 35.8 Å². The molecule has 6 rings (SSSR count). The number of hydrogen-bond donors (Lipinski definition) is 6. The first-order valence-corrected chi connectivity index (χ1v) is 34.0. The molecule has 0 amide bonds. The Balaban J connectivity index is 0.000000490. The summed E-state index contributed by atoms with van der Waals surface area (Å²) < 4.78 is 46.0. The third kappa shape index (κ3) is 20.3. The summed E-state index contributed by atoms with van der Waals surface area (Å²) in [5.41, 5.74) is -8.25. The number of ether oxygens (including phenoxy) is 8. The van der Waals surface area contributed by atoms with E-state index in [1.807, 2.05) is 111 Å². The van der Waals surface area contributed by atoms with Crippen molar-refractivity contribution in [3.8, 4) is 0 Å². The van der Waals surface area contributed by atoms with Gasteiger partial charge in [0.1, 0.15) is 0 Å². The second-order valence-electron chi connectivity index (χ2n) is 35.9. The van der Waals surface area contributed by atoms with Gasteiger partial charge < -0.3 is 80.3 Å². The molecule has 6 aliphatic heterocycles. The van der Waals surface area contributed by atoms with E-state index in [2.05, 4.69) is 66.0 Å². The fraction of sp³-hybridized carbons (Fsp3) is 0.914. The van der Waals surface area contributed by atoms with Gasteiger partial charge in [-0.05, 0) is 205 Å². The lowest BCUT2D eigenvalue weighted by Crippen LogP contribution is -2.48. The predicted molar refractivity (Wildman–Crippen MR) is 359 cm³/mol. The maximum Gasteiger partial charge on any atom is 0.308 e. The van der Waals surface area contributed by atoms with Crippen LogP contribution < -0.4 is 10.6 Å². The summed E-state index contributed by atoms with van der Waals surface area (Å²) >= 11 is 0. The summed E-state index contributed by atoms with van der Waals surface area (Å²) in [4.78, 5) is 80.1. The Labute approximate surface area is 573 Å². The average Bonchev–Trinajstić information content (AvgIpc) is 1.63. The first-order chi connectivity index (χ1) is 42.4. The molecule has 26 heteroatoms. The van der Waals surface area contributed by atoms with Gasteiger partial charge in [0.15, 0.2) is 0 Å². The number of hydrogen-bond acceptors (Lipinski definition) is 24. The van der Waals surface area contributed by atoms with Crippen LogP contribution in [-0.4, -0.2) is 219 Å². The largest absolute Gasteiger partial charge is 0.465 e. The molecule has 6 fully saturated rings. The van der Waals surface area contributed by atoms with Gasteiger partial charge in [-0.2, -0.15) is 20.3 Å². The summed E-state index contributed by atoms with van der Waals surface area (Å²) in [6.07, 6.45) is 1.90. The van der Waals surface area contributed by atoms with Crippen LogP contribution in [0.3, 0.4) is 0 Å². The summed E-state index contributed by atoms with van der Waals surface area (Å²) in [7, 11) is 2.72. The van der Waals surface area contributed by atoms with E-state index in [9.17, 15) is 49.6 Å². The third-order valence-electron chi connectivity index (χ3n) is 22.7. The fourth-order valence-electron chi connectivity index (χ4n) is 16.8. The minimum absolute atomic E-state index is 0. The zero-order valence-corrected chi connectivity index (χ0v) is 63.5. The van der Waals surface area contributed by atoms with Gasteiger partial charge in [-0.25, -0.2) is 0 Å². The molecule has 96 heavy (non-hydrogen) atoms. The van der Waals surface area contributed by atoms with E-state index in [1.165, 1.54) is 34.5 Å². The fourth-order valence-corrected chi connectivity index (χ4v) is 16.8. The van der Waals surface area contributed by atoms with Crippen molar-refractivity contribution in [2.75, 3.05) is 53.9 Å². The summed E-state index contributed by atoms with van der Waals surface area (Å²) in [6.45, 7) is 48.0. The average molecular weight is 1380 g/mol. The molecule has 0 aromatic heterocycles. The molecule has 0 saturated carbocycles. The van der Waals surface area contributed by atoms with E-state index in [0.717, 1.165) is 12.8 Å². The zero-order chi connectivity index (χ0) is 72.0. The van der Waals surface area contributed by atoms with E-state index in [1.54, 1.807) is 0 Å². The topological polar surface area (TPSA) is 357 Å². The van der Waals surface area contributed by atoms with E-state index in [0.29, 0.717) is 25.7 Å². The zero-order valence-electron chi connectivity index (χ0n) is 63.5. The molecule has 560 valence electrons. The minimum atomic E-state index is -1.61. The molecule has 6 unspecified atom stereocenters. The van der Waals surface area contributed by atoms with Crippen LogP contribution in [0.25, 0.3) is 0 Å². The van der Waals surface area contributed by atoms with Crippen molar-refractivity contribution in [2.45, 2.75) is 321 Å². The standard InChI is InChI=1S/C35H63N3O10.C35H63N3O8.2H2O/c1-29(2)14-23(32(7,8)36(29)42)20-46-26(39)17-35(45-13,18-27(40)47-21-24-15-30(3,4)37(43)33(24,9)10)19-28(41)48-22-25-16-31(5,6)38(44)34(25,11)12;1-29(2)14-23(32(7,8)36-29)20-44-26(39)17-35(43-13,18-27(40)45-21-24-15-30(3,4)37-33(24,9)10)19-28(41)46-22-25-16-31(5,6)38(42)34(25,11)12;;/h23-25,42-44H,14-22H2,1-13H3;23-25,36-37,42H,14-22H2,1-13H3;2*1H2. The van der Waals surface area contributed by atoms with Gasteiger partial charge in [0.2, 0.25) is 0 Å². The number of methoxy groups -OCH3 is 2. The molecule has 6 heterocycles. The molecule has 0 aliphatic carbocycles. The summed E-state index contributed by atoms with van der Waals surface area (Å²) in [5.74, 6) is -4.12. The van der Waals surface area contributed by atoms with Crippen LogP contribution in [0.2, 0.25) is 0 Å². The predicted octanol–water partition coefficient (Wildman–Crippen LogP) is 8.10. The van der Waals surface area contributed by atoms with Gasteiger partial charge in [0.25, 0.3) is 0 Å². The van der Waals surface area contributed by atoms with Crippen molar-refractivity contribution < 1.29 is 98.4 Å². The number of carbonyl (C=O) groups excluding carboxylic acids is 6. The van der Waals surface area contributed by atoms with Crippen LogP contribution in [0.1, 0.15) is 243 Å². The van der Waals surface area contributed by atoms with Crippen molar-refractivity contribution in [2.24, 2.45) is 35.5 Å². The normalized spacial score (nSPS) is 29.4. The van der Waals surface area contributed by atoms with Gasteiger partial charge in [-0.1, -0.05) is 0 Å². The highest BCUT2D eigenvalue weighted by atomic mass is 16.6. The molecule has 0 bridgehead atoms. The Morgan fingerprint density at radius 2 is 0.490 bits per heavy atom. The van der Waals surface area contributed by atoms with Crippen LogP contribution in [0.4, 0.5) is 0 Å². The van der Waals surface area contributed by atoms with Crippen LogP contribution in [-0.2, 0) is 66.7 Å². The molecular formula is C70H130N6O20. The molecule has 26 nitrogen and oxygen atoms in total. The highest BCUT2D eigenvalue weighted by Crippen LogP contribution is 2.48. The van der Waals surface area contributed by atoms with Gasteiger partial charge in [-0.15, -0.1) is 0 Å². The first kappa shape index (κ1) is 86.5. The van der Waals surface area contributed by atoms with Gasteiger partial charge in [0, 0.05) is 116 Å².